The molecule has 0 aliphatic carbocycles. The summed E-state index contributed by atoms with van der Waals surface area (Å²) in [6.45, 7) is 11.3. The Balaban J connectivity index is 4.19. The molecule has 0 N–H and O–H groups in total. The first kappa shape index (κ1) is 13.2. The number of rotatable bonds is 8. The van der Waals surface area contributed by atoms with E-state index in [1.54, 1.807) is 0 Å². The van der Waals surface area contributed by atoms with Crippen molar-refractivity contribution in [3.05, 3.63) is 6.92 Å². The van der Waals surface area contributed by atoms with E-state index in [0.29, 0.717) is 6.61 Å². The van der Waals surface area contributed by atoms with Crippen LogP contribution < -0.4 is 0 Å². The third-order valence-electron chi connectivity index (χ3n) is 2.53. The van der Waals surface area contributed by atoms with Crippen LogP contribution in [0.25, 0.3) is 0 Å². The molecule has 1 nitrogen and oxygen atoms in total. The zero-order valence-corrected chi connectivity index (χ0v) is 10.6. The fraction of sp³-hybridized carbons (Fsp3) is 0.909. The maximum absolute atomic E-state index is 5.98. The van der Waals surface area contributed by atoms with E-state index in [4.69, 9.17) is 4.43 Å². The topological polar surface area (TPSA) is 9.23 Å². The first-order valence-electron chi connectivity index (χ1n) is 5.67. The van der Waals surface area contributed by atoms with Gasteiger partial charge in [0.05, 0.1) is 0 Å². The summed E-state index contributed by atoms with van der Waals surface area (Å²) in [4.78, 5) is 0. The predicted molar refractivity (Wildman–Crippen MR) is 62.4 cm³/mol. The van der Waals surface area contributed by atoms with Crippen molar-refractivity contribution in [1.82, 2.24) is 0 Å². The van der Waals surface area contributed by atoms with E-state index in [-0.39, 0.29) is 0 Å². The molecule has 0 aromatic rings. The van der Waals surface area contributed by atoms with Gasteiger partial charge < -0.3 is 4.43 Å². The maximum Gasteiger partial charge on any atom is 0.192 e. The molecule has 0 atom stereocenters. The Morgan fingerprint density at radius 2 is 1.31 bits per heavy atom. The van der Waals surface area contributed by atoms with Crippen LogP contribution in [0.5, 0.6) is 0 Å². The van der Waals surface area contributed by atoms with Crippen LogP contribution in [-0.4, -0.2) is 14.9 Å². The van der Waals surface area contributed by atoms with Crippen molar-refractivity contribution in [2.24, 2.45) is 0 Å². The minimum atomic E-state index is -1.36. The fourth-order valence-corrected chi connectivity index (χ4v) is 6.52. The Labute approximate surface area is 85.0 Å². The maximum atomic E-state index is 5.98. The van der Waals surface area contributed by atoms with Crippen LogP contribution in [0.3, 0.4) is 0 Å². The van der Waals surface area contributed by atoms with Gasteiger partial charge in [-0.2, -0.15) is 0 Å². The van der Waals surface area contributed by atoms with E-state index in [9.17, 15) is 0 Å². The second kappa shape index (κ2) is 7.57. The number of hydrogen-bond donors (Lipinski definition) is 0. The van der Waals surface area contributed by atoms with Crippen molar-refractivity contribution in [2.75, 3.05) is 6.61 Å². The molecule has 0 saturated heterocycles. The zero-order chi connectivity index (χ0) is 10.2. The van der Waals surface area contributed by atoms with Crippen molar-refractivity contribution in [3.63, 3.8) is 0 Å². The lowest BCUT2D eigenvalue weighted by atomic mass is 10.6. The van der Waals surface area contributed by atoms with Gasteiger partial charge in [-0.25, -0.2) is 0 Å². The minimum absolute atomic E-state index is 0.673. The lowest BCUT2D eigenvalue weighted by molar-refractivity contribution is 0.335. The molecule has 0 spiro atoms. The molecule has 0 aliphatic rings. The highest BCUT2D eigenvalue weighted by atomic mass is 28.4. The van der Waals surface area contributed by atoms with Crippen LogP contribution in [0.2, 0.25) is 18.1 Å². The minimum Gasteiger partial charge on any atom is -0.417 e. The summed E-state index contributed by atoms with van der Waals surface area (Å²) < 4.78 is 5.98. The average Bonchev–Trinajstić information content (AvgIpc) is 2.06. The Morgan fingerprint density at radius 3 is 1.54 bits per heavy atom. The standard InChI is InChI=1S/C11H25OSi/c1-5-9-13(10-6-2,11-7-3)12-8-4/h4-11H2,1-3H3. The molecule has 0 fully saturated rings. The highest BCUT2D eigenvalue weighted by molar-refractivity contribution is 6.73. The van der Waals surface area contributed by atoms with Gasteiger partial charge in [0.1, 0.15) is 0 Å². The van der Waals surface area contributed by atoms with Crippen molar-refractivity contribution in [3.8, 4) is 0 Å². The smallest absolute Gasteiger partial charge is 0.192 e. The summed E-state index contributed by atoms with van der Waals surface area (Å²) in [5.41, 5.74) is 0. The van der Waals surface area contributed by atoms with Crippen LogP contribution in [0.4, 0.5) is 0 Å². The second-order valence-electron chi connectivity index (χ2n) is 3.78. The molecule has 0 saturated carbocycles. The Kier molecular flexibility index (Phi) is 7.67. The summed E-state index contributed by atoms with van der Waals surface area (Å²) in [5.74, 6) is 0. The van der Waals surface area contributed by atoms with E-state index in [1.165, 1.54) is 37.4 Å². The third kappa shape index (κ3) is 4.82. The largest absolute Gasteiger partial charge is 0.417 e. The average molecular weight is 201 g/mol. The fourth-order valence-electron chi connectivity index (χ4n) is 2.17. The molecule has 1 radical (unpaired) electrons. The first-order chi connectivity index (χ1) is 6.24. The van der Waals surface area contributed by atoms with E-state index in [1.807, 2.05) is 0 Å². The van der Waals surface area contributed by atoms with Crippen LogP contribution in [0, 0.1) is 6.92 Å². The van der Waals surface area contributed by atoms with E-state index in [0.717, 1.165) is 0 Å². The van der Waals surface area contributed by atoms with Gasteiger partial charge >= 0.3 is 0 Å². The normalized spacial score (nSPS) is 12.0. The van der Waals surface area contributed by atoms with Crippen molar-refractivity contribution >= 4 is 8.32 Å². The van der Waals surface area contributed by atoms with Gasteiger partial charge in [0.15, 0.2) is 8.32 Å². The SMILES string of the molecule is [CH2]CO[Si](CCC)(CCC)CCC. The van der Waals surface area contributed by atoms with Crippen molar-refractivity contribution in [1.29, 1.82) is 0 Å². The third-order valence-corrected chi connectivity index (χ3v) is 7.58. The monoisotopic (exact) mass is 201 g/mol. The molecule has 0 aromatic heterocycles. The highest BCUT2D eigenvalue weighted by Crippen LogP contribution is 2.27. The summed E-state index contributed by atoms with van der Waals surface area (Å²) >= 11 is 0. The van der Waals surface area contributed by atoms with Gasteiger partial charge in [-0.3, -0.25) is 0 Å². The quantitative estimate of drug-likeness (QED) is 0.539. The first-order valence-corrected chi connectivity index (χ1v) is 8.20. The van der Waals surface area contributed by atoms with Crippen LogP contribution in [0.1, 0.15) is 40.0 Å². The second-order valence-corrected chi connectivity index (χ2v) is 7.94. The van der Waals surface area contributed by atoms with Gasteiger partial charge in [-0.15, -0.1) is 0 Å². The lowest BCUT2D eigenvalue weighted by Gasteiger charge is -2.30. The van der Waals surface area contributed by atoms with Gasteiger partial charge in [0.25, 0.3) is 0 Å². The molecule has 0 amide bonds. The molecule has 0 bridgehead atoms. The lowest BCUT2D eigenvalue weighted by Crippen LogP contribution is -2.37. The molecule has 0 aliphatic heterocycles. The molecular formula is C11H25OSi. The van der Waals surface area contributed by atoms with Crippen LogP contribution in [-0.2, 0) is 4.43 Å². The van der Waals surface area contributed by atoms with Gasteiger partial charge in [0, 0.05) is 6.61 Å². The molecule has 13 heavy (non-hydrogen) atoms. The molecule has 0 rings (SSSR count). The number of hydrogen-bond acceptors (Lipinski definition) is 1. The van der Waals surface area contributed by atoms with Gasteiger partial charge in [-0.1, -0.05) is 40.0 Å². The zero-order valence-electron chi connectivity index (χ0n) is 9.57. The Morgan fingerprint density at radius 1 is 0.923 bits per heavy atom. The van der Waals surface area contributed by atoms with Gasteiger partial charge in [-0.05, 0) is 25.1 Å². The molecule has 0 unspecified atom stereocenters. The van der Waals surface area contributed by atoms with Crippen LogP contribution in [0.15, 0.2) is 0 Å². The summed E-state index contributed by atoms with van der Waals surface area (Å²) in [5, 5.41) is 0. The molecule has 2 heteroatoms. The van der Waals surface area contributed by atoms with Crippen molar-refractivity contribution < 1.29 is 4.43 Å². The Hall–Kier alpha value is 0.177. The molecular weight excluding hydrogens is 176 g/mol. The van der Waals surface area contributed by atoms with Gasteiger partial charge in [0.2, 0.25) is 0 Å². The van der Waals surface area contributed by atoms with Crippen LogP contribution >= 0.6 is 0 Å². The van der Waals surface area contributed by atoms with E-state index < -0.39 is 8.32 Å². The van der Waals surface area contributed by atoms with E-state index in [2.05, 4.69) is 27.7 Å². The summed E-state index contributed by atoms with van der Waals surface area (Å²) in [6, 6.07) is 3.97. The molecule has 0 heterocycles. The highest BCUT2D eigenvalue weighted by Gasteiger charge is 2.31. The molecule has 79 valence electrons. The van der Waals surface area contributed by atoms with Crippen molar-refractivity contribution in [2.45, 2.75) is 58.2 Å². The summed E-state index contributed by atoms with van der Waals surface area (Å²) in [7, 11) is -1.36. The molecule has 0 aromatic carbocycles. The summed E-state index contributed by atoms with van der Waals surface area (Å²) in [6.07, 6.45) is 3.81. The Bertz CT molecular complexity index is 85.1. The van der Waals surface area contributed by atoms with E-state index >= 15 is 0 Å². The predicted octanol–water partition coefficient (Wildman–Crippen LogP) is 4.01.